The molecule has 19 nitrogen and oxygen atoms in total. The Labute approximate surface area is 421 Å². The number of benzene rings is 2. The van der Waals surface area contributed by atoms with E-state index in [0.717, 1.165) is 91.2 Å². The molecular formula is C53H70N12O7. The second-order valence-electron chi connectivity index (χ2n) is 18.0. The molecule has 0 spiro atoms. The number of carbonyl (C=O) groups excluding carboxylic acids is 3. The van der Waals surface area contributed by atoms with Crippen molar-refractivity contribution in [2.24, 2.45) is 7.05 Å². The van der Waals surface area contributed by atoms with Crippen LogP contribution in [0.25, 0.3) is 33.3 Å². The van der Waals surface area contributed by atoms with Crippen LogP contribution in [0.15, 0.2) is 77.9 Å². The number of aromatic hydroxyl groups is 2. The Morgan fingerprint density at radius 3 is 2.12 bits per heavy atom. The van der Waals surface area contributed by atoms with Gasteiger partial charge in [0.2, 0.25) is 5.91 Å². The van der Waals surface area contributed by atoms with Crippen molar-refractivity contribution in [3.05, 3.63) is 106 Å². The average molecular weight is 987 g/mol. The van der Waals surface area contributed by atoms with Crippen molar-refractivity contribution in [1.29, 1.82) is 10.8 Å². The van der Waals surface area contributed by atoms with E-state index in [1.807, 2.05) is 86.8 Å². The van der Waals surface area contributed by atoms with Crippen molar-refractivity contribution >= 4 is 58.1 Å². The number of ether oxygens (including phenoxy) is 1. The zero-order valence-electron chi connectivity index (χ0n) is 43.0. The third kappa shape index (κ3) is 13.5. The molecular weight excluding hydrogens is 917 g/mol. The van der Waals surface area contributed by atoms with Gasteiger partial charge in [-0.2, -0.15) is 0 Å². The first-order valence-corrected chi connectivity index (χ1v) is 24.2. The maximum Gasteiger partial charge on any atom is 0.329 e. The Morgan fingerprint density at radius 1 is 0.917 bits per heavy atom. The number of amides is 1. The van der Waals surface area contributed by atoms with Crippen molar-refractivity contribution < 1.29 is 29.3 Å². The molecule has 1 amide bonds. The van der Waals surface area contributed by atoms with Gasteiger partial charge in [-0.1, -0.05) is 39.8 Å². The van der Waals surface area contributed by atoms with Crippen molar-refractivity contribution in [3.63, 3.8) is 0 Å². The summed E-state index contributed by atoms with van der Waals surface area (Å²) < 4.78 is 7.38. The van der Waals surface area contributed by atoms with Crippen LogP contribution in [0.4, 0.5) is 5.69 Å². The number of rotatable bonds is 11. The summed E-state index contributed by atoms with van der Waals surface area (Å²) in [5.74, 6) is -0.836. The fourth-order valence-corrected chi connectivity index (χ4v) is 8.43. The third-order valence-corrected chi connectivity index (χ3v) is 12.7. The molecule has 0 saturated carbocycles. The van der Waals surface area contributed by atoms with Crippen LogP contribution in [0.5, 0.6) is 11.5 Å². The molecule has 2 aromatic carbocycles. The van der Waals surface area contributed by atoms with Gasteiger partial charge in [-0.05, 0) is 99.9 Å². The summed E-state index contributed by atoms with van der Waals surface area (Å²) in [5, 5.41) is 40.2. The molecule has 5 N–H and O–H groups in total. The minimum Gasteiger partial charge on any atom is -0.508 e. The van der Waals surface area contributed by atoms with Crippen molar-refractivity contribution in [2.75, 3.05) is 71.9 Å². The number of nitrogens with one attached hydrogen (secondary N) is 3. The largest absolute Gasteiger partial charge is 0.508 e. The summed E-state index contributed by atoms with van der Waals surface area (Å²) in [5.41, 5.74) is 7.93. The number of nitrogens with zero attached hydrogens (tertiary/aromatic N) is 9. The first kappa shape index (κ1) is 55.6. The van der Waals surface area contributed by atoms with Gasteiger partial charge in [0, 0.05) is 94.5 Å². The third-order valence-electron chi connectivity index (χ3n) is 12.7. The summed E-state index contributed by atoms with van der Waals surface area (Å²) in [6.45, 7) is 17.4. The van der Waals surface area contributed by atoms with E-state index < -0.39 is 5.84 Å². The minimum atomic E-state index is -0.416. The number of aryl methyl sites for hydroxylation is 2. The molecule has 19 heteroatoms. The number of likely N-dealkylation sites (N-methyl/N-ethyl adjacent to an activating group) is 1. The van der Waals surface area contributed by atoms with Gasteiger partial charge in [0.05, 0.1) is 41.1 Å². The molecule has 2 fully saturated rings. The lowest BCUT2D eigenvalue weighted by atomic mass is 9.98. The quantitative estimate of drug-likeness (QED) is 0.0551. The number of phenolic OH excluding ortho intramolecular Hbond substituents is 2. The smallest absolute Gasteiger partial charge is 0.329 e. The monoisotopic (exact) mass is 987 g/mol. The predicted molar refractivity (Wildman–Crippen MR) is 282 cm³/mol. The van der Waals surface area contributed by atoms with Gasteiger partial charge in [0.25, 0.3) is 6.47 Å². The molecule has 0 unspecified atom stereocenters. The molecule has 384 valence electrons. The molecule has 0 atom stereocenters. The normalized spacial score (nSPS) is 14.1. The molecule has 8 rings (SSSR count). The summed E-state index contributed by atoms with van der Waals surface area (Å²) in [6.07, 6.45) is 5.94. The van der Waals surface area contributed by atoms with E-state index in [-0.39, 0.29) is 46.5 Å². The lowest BCUT2D eigenvalue weighted by Gasteiger charge is -2.32. The number of pyridine rings is 3. The maximum atomic E-state index is 13.3. The number of amidine groups is 2. The lowest BCUT2D eigenvalue weighted by molar-refractivity contribution is -0.132. The summed E-state index contributed by atoms with van der Waals surface area (Å²) in [6, 6.07) is 18.0. The Bertz CT molecular complexity index is 2860. The molecule has 72 heavy (non-hydrogen) atoms. The fraction of sp³-hybridized carbons (Fsp3) is 0.415. The molecule has 6 aromatic rings. The molecule has 4 aromatic heterocycles. The first-order valence-electron chi connectivity index (χ1n) is 24.2. The number of aromatic nitrogens is 5. The zero-order chi connectivity index (χ0) is 52.6. The van der Waals surface area contributed by atoms with Gasteiger partial charge in [-0.15, -0.1) is 0 Å². The van der Waals surface area contributed by atoms with Gasteiger partial charge in [0.1, 0.15) is 22.9 Å². The van der Waals surface area contributed by atoms with Crippen LogP contribution in [0.1, 0.15) is 81.3 Å². The number of fused-ring (bicyclic) bond motifs is 3. The lowest BCUT2D eigenvalue weighted by Crippen LogP contribution is -2.43. The average Bonchev–Trinajstić information content (AvgIpc) is 3.65. The number of piperazine rings is 1. The van der Waals surface area contributed by atoms with Crippen LogP contribution < -0.4 is 15.9 Å². The highest BCUT2D eigenvalue weighted by atomic mass is 16.5. The Kier molecular flexibility index (Phi) is 20.2. The summed E-state index contributed by atoms with van der Waals surface area (Å²) in [7, 11) is 7.14. The van der Waals surface area contributed by atoms with Crippen LogP contribution in [0, 0.1) is 17.7 Å². The van der Waals surface area contributed by atoms with E-state index in [1.165, 1.54) is 24.1 Å². The van der Waals surface area contributed by atoms with Crippen LogP contribution >= 0.6 is 0 Å². The molecule has 0 aliphatic carbocycles. The van der Waals surface area contributed by atoms with E-state index >= 15 is 0 Å². The number of aldehydes is 1. The highest BCUT2D eigenvalue weighted by Crippen LogP contribution is 2.34. The van der Waals surface area contributed by atoms with E-state index in [2.05, 4.69) is 43.8 Å². The molecule has 0 bridgehead atoms. The van der Waals surface area contributed by atoms with Crippen LogP contribution in [0.3, 0.4) is 0 Å². The number of hydrogen-bond donors (Lipinski definition) is 5. The second-order valence-corrected chi connectivity index (χ2v) is 18.0. The molecule has 6 heterocycles. The maximum absolute atomic E-state index is 13.3. The van der Waals surface area contributed by atoms with E-state index in [4.69, 9.17) is 20.6 Å². The first-order chi connectivity index (χ1) is 34.5. The minimum absolute atomic E-state index is 0.0178. The number of phenols is 2. The van der Waals surface area contributed by atoms with Gasteiger partial charge >= 0.3 is 5.69 Å². The number of carbonyl (C=O) groups is 3. The number of likely N-dealkylation sites (tertiary alicyclic amines) is 1. The Hall–Kier alpha value is -7.35. The van der Waals surface area contributed by atoms with Crippen LogP contribution in [-0.4, -0.2) is 146 Å². The van der Waals surface area contributed by atoms with Crippen LogP contribution in [-0.2, 0) is 32.7 Å². The molecule has 0 radical (unpaired) electrons. The zero-order valence-corrected chi connectivity index (χ0v) is 43.0. The number of methoxy groups -OCH3 is 1. The Morgan fingerprint density at radius 2 is 1.57 bits per heavy atom. The van der Waals surface area contributed by atoms with E-state index in [9.17, 15) is 24.6 Å². The SMILES string of the molecule is CC(C)c1cc(C(=N)N(C(=N)C=O)c2ccc(CN3CCN(C)CC3)cc2)c(O)cc1O.CCC(=O)N1CCC(n2c(=O)n(C)c3cnc4ccc(-c5ccc(C)nc5)nc4c32)CC1.CCNC.COC=O. The molecule has 2 aliphatic heterocycles. The number of piperidine rings is 1. The Balaban J connectivity index is 0.000000233. The number of hydrogen-bond acceptors (Lipinski definition) is 15. The molecule has 2 aliphatic rings. The van der Waals surface area contributed by atoms with E-state index in [0.29, 0.717) is 49.0 Å². The summed E-state index contributed by atoms with van der Waals surface area (Å²) >= 11 is 0. The van der Waals surface area contributed by atoms with Crippen molar-refractivity contribution in [3.8, 4) is 22.8 Å². The predicted octanol–water partition coefficient (Wildman–Crippen LogP) is 6.22. The van der Waals surface area contributed by atoms with Gasteiger partial charge < -0.3 is 30.1 Å². The topological polar surface area (TPSA) is 239 Å². The number of anilines is 1. The highest BCUT2D eigenvalue weighted by molar-refractivity contribution is 6.41. The highest BCUT2D eigenvalue weighted by Gasteiger charge is 2.28. The standard InChI is InChI=1S/C24H26N6O2.C24H31N5O3.C3H9N.C2H4O2/c1-4-21(31)29-11-9-17(10-12-29)30-23-20(28(3)24(30)32)14-26-19-8-7-18(27-22(19)23)16-6-5-15(2)25-13-16;1-16(2)19-12-20(22(32)13-21(19)31)24(26)29(23(25)15-30)18-6-4-17(5-7-18)14-28-10-8-27(3)9-11-28;1-3-4-2;1-4-2-3/h5-8,13-14,17H,4,9-12H2,1-3H3;4-7,12-13,15-16,25-26,31-32H,8-11,14H2,1-3H3;4H,3H2,1-2H3;2H,1H3. The summed E-state index contributed by atoms with van der Waals surface area (Å²) in [4.78, 5) is 67.4. The van der Waals surface area contributed by atoms with Crippen molar-refractivity contribution in [1.82, 2.24) is 44.1 Å². The fourth-order valence-electron chi connectivity index (χ4n) is 8.43. The van der Waals surface area contributed by atoms with Gasteiger partial charge in [0.15, 0.2) is 12.1 Å². The van der Waals surface area contributed by atoms with Gasteiger partial charge in [-0.25, -0.2) is 9.78 Å². The molecule has 2 saturated heterocycles. The van der Waals surface area contributed by atoms with Gasteiger partial charge in [-0.3, -0.25) is 54.1 Å². The van der Waals surface area contributed by atoms with E-state index in [1.54, 1.807) is 29.9 Å². The number of imidazole rings is 1. The van der Waals surface area contributed by atoms with Crippen molar-refractivity contribution in [2.45, 2.75) is 72.4 Å². The van der Waals surface area contributed by atoms with Crippen LogP contribution in [0.2, 0.25) is 0 Å². The second kappa shape index (κ2) is 26.2.